The standard InChI is InChI=1S/C15H23N3O/c1-3-18(9-12-5-6-12)10-15(19)17-14-8-13(16)7-4-11(14)2/h4,7-8,12H,3,5-6,9-10,16H2,1-2H3,(H,17,19). The molecule has 4 heteroatoms. The van der Waals surface area contributed by atoms with Crippen molar-refractivity contribution in [1.29, 1.82) is 0 Å². The van der Waals surface area contributed by atoms with Gasteiger partial charge in [-0.15, -0.1) is 0 Å². The Bertz CT molecular complexity index is 455. The lowest BCUT2D eigenvalue weighted by Gasteiger charge is -2.20. The molecule has 1 fully saturated rings. The Kier molecular flexibility index (Phi) is 4.43. The van der Waals surface area contributed by atoms with Crippen LogP contribution in [0.5, 0.6) is 0 Å². The number of anilines is 2. The van der Waals surface area contributed by atoms with Gasteiger partial charge in [0.15, 0.2) is 0 Å². The molecule has 0 unspecified atom stereocenters. The van der Waals surface area contributed by atoms with Gasteiger partial charge in [-0.25, -0.2) is 0 Å². The molecule has 104 valence electrons. The Morgan fingerprint density at radius 3 is 2.84 bits per heavy atom. The lowest BCUT2D eigenvalue weighted by molar-refractivity contribution is -0.117. The number of carbonyl (C=O) groups is 1. The highest BCUT2D eigenvalue weighted by Crippen LogP contribution is 2.29. The second-order valence-corrected chi connectivity index (χ2v) is 5.39. The van der Waals surface area contributed by atoms with Crippen molar-refractivity contribution in [2.45, 2.75) is 26.7 Å². The molecule has 3 N–H and O–H groups in total. The number of carbonyl (C=O) groups excluding carboxylic acids is 1. The van der Waals surface area contributed by atoms with Gasteiger partial charge < -0.3 is 11.1 Å². The molecule has 1 saturated carbocycles. The largest absolute Gasteiger partial charge is 0.399 e. The van der Waals surface area contributed by atoms with E-state index in [0.29, 0.717) is 12.2 Å². The van der Waals surface area contributed by atoms with Crippen molar-refractivity contribution < 1.29 is 4.79 Å². The predicted octanol–water partition coefficient (Wildman–Crippen LogP) is 2.25. The molecule has 4 nitrogen and oxygen atoms in total. The third-order valence-corrected chi connectivity index (χ3v) is 3.56. The van der Waals surface area contributed by atoms with Crippen LogP contribution in [0, 0.1) is 12.8 Å². The van der Waals surface area contributed by atoms with Crippen LogP contribution in [0.3, 0.4) is 0 Å². The van der Waals surface area contributed by atoms with E-state index in [-0.39, 0.29) is 5.91 Å². The number of amides is 1. The zero-order chi connectivity index (χ0) is 13.8. The zero-order valence-electron chi connectivity index (χ0n) is 11.8. The normalized spacial score (nSPS) is 14.7. The first-order valence-corrected chi connectivity index (χ1v) is 6.96. The van der Waals surface area contributed by atoms with Gasteiger partial charge in [0.25, 0.3) is 0 Å². The number of nitrogen functional groups attached to an aromatic ring is 1. The summed E-state index contributed by atoms with van der Waals surface area (Å²) in [5.74, 6) is 0.845. The highest BCUT2D eigenvalue weighted by atomic mass is 16.2. The van der Waals surface area contributed by atoms with E-state index in [1.165, 1.54) is 12.8 Å². The molecule has 0 aliphatic heterocycles. The smallest absolute Gasteiger partial charge is 0.238 e. The maximum atomic E-state index is 12.1. The van der Waals surface area contributed by atoms with Crippen LogP contribution in [0.2, 0.25) is 0 Å². The van der Waals surface area contributed by atoms with Crippen LogP contribution in [-0.4, -0.2) is 30.4 Å². The number of rotatable bonds is 6. The number of likely N-dealkylation sites (N-methyl/N-ethyl adjacent to an activating group) is 1. The van der Waals surface area contributed by atoms with Gasteiger partial charge in [0.2, 0.25) is 5.91 Å². The Labute approximate surface area is 115 Å². The van der Waals surface area contributed by atoms with E-state index in [4.69, 9.17) is 5.73 Å². The van der Waals surface area contributed by atoms with Crippen LogP contribution < -0.4 is 11.1 Å². The Balaban J connectivity index is 1.90. The van der Waals surface area contributed by atoms with Crippen molar-refractivity contribution in [3.05, 3.63) is 23.8 Å². The first kappa shape index (κ1) is 13.9. The summed E-state index contributed by atoms with van der Waals surface area (Å²) in [6.45, 7) is 6.49. The Hall–Kier alpha value is -1.55. The van der Waals surface area contributed by atoms with Gasteiger partial charge in [-0.05, 0) is 49.9 Å². The summed E-state index contributed by atoms with van der Waals surface area (Å²) in [6, 6.07) is 5.58. The van der Waals surface area contributed by atoms with E-state index >= 15 is 0 Å². The van der Waals surface area contributed by atoms with Gasteiger partial charge in [-0.2, -0.15) is 0 Å². The summed E-state index contributed by atoms with van der Waals surface area (Å²) in [4.78, 5) is 14.3. The van der Waals surface area contributed by atoms with Crippen LogP contribution >= 0.6 is 0 Å². The minimum atomic E-state index is 0.0381. The fourth-order valence-electron chi connectivity index (χ4n) is 2.14. The Morgan fingerprint density at radius 2 is 2.21 bits per heavy atom. The first-order valence-electron chi connectivity index (χ1n) is 6.96. The fraction of sp³-hybridized carbons (Fsp3) is 0.533. The third-order valence-electron chi connectivity index (χ3n) is 3.56. The second-order valence-electron chi connectivity index (χ2n) is 5.39. The van der Waals surface area contributed by atoms with Crippen LogP contribution in [-0.2, 0) is 4.79 Å². The average Bonchev–Trinajstić information content (AvgIpc) is 3.17. The highest BCUT2D eigenvalue weighted by molar-refractivity contribution is 5.93. The van der Waals surface area contributed by atoms with Gasteiger partial charge in [0.1, 0.15) is 0 Å². The van der Waals surface area contributed by atoms with Gasteiger partial charge in [-0.1, -0.05) is 13.0 Å². The molecule has 0 saturated heterocycles. The van der Waals surface area contributed by atoms with E-state index in [2.05, 4.69) is 17.1 Å². The number of nitrogens with zero attached hydrogens (tertiary/aromatic N) is 1. The van der Waals surface area contributed by atoms with Gasteiger partial charge in [-0.3, -0.25) is 9.69 Å². The quantitative estimate of drug-likeness (QED) is 0.772. The molecule has 1 amide bonds. The molecule has 1 aliphatic rings. The maximum absolute atomic E-state index is 12.1. The molecule has 0 radical (unpaired) electrons. The van der Waals surface area contributed by atoms with Gasteiger partial charge >= 0.3 is 0 Å². The highest BCUT2D eigenvalue weighted by Gasteiger charge is 2.24. The van der Waals surface area contributed by atoms with E-state index in [1.54, 1.807) is 0 Å². The molecule has 0 atom stereocenters. The number of benzene rings is 1. The van der Waals surface area contributed by atoms with Crippen molar-refractivity contribution in [3.63, 3.8) is 0 Å². The molecule has 1 aliphatic carbocycles. The van der Waals surface area contributed by atoms with Crippen molar-refractivity contribution in [3.8, 4) is 0 Å². The zero-order valence-corrected chi connectivity index (χ0v) is 11.8. The summed E-state index contributed by atoms with van der Waals surface area (Å²) in [5, 5.41) is 2.95. The maximum Gasteiger partial charge on any atom is 0.238 e. The molecule has 0 bridgehead atoms. The molecule has 0 heterocycles. The lowest BCUT2D eigenvalue weighted by Crippen LogP contribution is -2.34. The van der Waals surface area contributed by atoms with Crippen LogP contribution in [0.1, 0.15) is 25.3 Å². The lowest BCUT2D eigenvalue weighted by atomic mass is 10.2. The minimum absolute atomic E-state index is 0.0381. The molecule has 19 heavy (non-hydrogen) atoms. The fourth-order valence-corrected chi connectivity index (χ4v) is 2.14. The molecule has 0 spiro atoms. The topological polar surface area (TPSA) is 58.4 Å². The number of nitrogens with one attached hydrogen (secondary N) is 1. The van der Waals surface area contributed by atoms with E-state index in [0.717, 1.165) is 30.3 Å². The van der Waals surface area contributed by atoms with E-state index in [1.807, 2.05) is 25.1 Å². The Morgan fingerprint density at radius 1 is 1.47 bits per heavy atom. The molecule has 2 rings (SSSR count). The number of hydrogen-bond donors (Lipinski definition) is 2. The minimum Gasteiger partial charge on any atom is -0.399 e. The van der Waals surface area contributed by atoms with Crippen molar-refractivity contribution in [2.24, 2.45) is 5.92 Å². The molecular formula is C15H23N3O. The molecule has 1 aromatic rings. The van der Waals surface area contributed by atoms with Gasteiger partial charge in [0.05, 0.1) is 6.54 Å². The third kappa shape index (κ3) is 4.24. The predicted molar refractivity (Wildman–Crippen MR) is 79.1 cm³/mol. The number of nitrogens with two attached hydrogens (primary N) is 1. The van der Waals surface area contributed by atoms with Crippen molar-refractivity contribution in [2.75, 3.05) is 30.7 Å². The summed E-state index contributed by atoms with van der Waals surface area (Å²) in [6.07, 6.45) is 2.62. The average molecular weight is 261 g/mol. The molecule has 1 aromatic carbocycles. The molecule has 0 aromatic heterocycles. The summed E-state index contributed by atoms with van der Waals surface area (Å²) < 4.78 is 0. The van der Waals surface area contributed by atoms with E-state index in [9.17, 15) is 4.79 Å². The molecular weight excluding hydrogens is 238 g/mol. The number of hydrogen-bond acceptors (Lipinski definition) is 3. The van der Waals surface area contributed by atoms with Gasteiger partial charge in [0, 0.05) is 17.9 Å². The van der Waals surface area contributed by atoms with Crippen molar-refractivity contribution >= 4 is 17.3 Å². The van der Waals surface area contributed by atoms with Crippen LogP contribution in [0.4, 0.5) is 11.4 Å². The number of aryl methyl sites for hydroxylation is 1. The SMILES string of the molecule is CCN(CC(=O)Nc1cc(N)ccc1C)CC1CC1. The summed E-state index contributed by atoms with van der Waals surface area (Å²) in [5.41, 5.74) is 8.26. The van der Waals surface area contributed by atoms with Crippen LogP contribution in [0.15, 0.2) is 18.2 Å². The summed E-state index contributed by atoms with van der Waals surface area (Å²) in [7, 11) is 0. The monoisotopic (exact) mass is 261 g/mol. The van der Waals surface area contributed by atoms with Crippen molar-refractivity contribution in [1.82, 2.24) is 4.90 Å². The van der Waals surface area contributed by atoms with E-state index < -0.39 is 0 Å². The second kappa shape index (κ2) is 6.06. The first-order chi connectivity index (χ1) is 9.08. The summed E-state index contributed by atoms with van der Waals surface area (Å²) >= 11 is 0. The van der Waals surface area contributed by atoms with Crippen LogP contribution in [0.25, 0.3) is 0 Å².